The number of nitrogens with zero attached hydrogens (tertiary/aromatic N) is 2. The maximum Gasteiger partial charge on any atom is 0.145 e. The molecule has 1 atom stereocenters. The van der Waals surface area contributed by atoms with Crippen LogP contribution in [0.1, 0.15) is 20.3 Å². The second kappa shape index (κ2) is 5.96. The Kier molecular flexibility index (Phi) is 4.87. The average molecular weight is 213 g/mol. The molecule has 0 fully saturated rings. The van der Waals surface area contributed by atoms with E-state index in [1.165, 1.54) is 12.2 Å². The first-order chi connectivity index (χ1) is 6.72. The highest BCUT2D eigenvalue weighted by Crippen LogP contribution is 2.11. The normalized spacial score (nSPS) is 13.0. The number of aromatic nitrogens is 2. The Labute approximate surface area is 90.1 Å². The molecule has 80 valence electrons. The van der Waals surface area contributed by atoms with Crippen molar-refractivity contribution in [2.24, 2.45) is 5.92 Å². The molecular formula is C10H19N3S. The Hall–Kier alpha value is -0.640. The van der Waals surface area contributed by atoms with Crippen LogP contribution < -0.4 is 5.73 Å². The molecule has 2 N–H and O–H groups in total. The number of anilines is 1. The third-order valence-electron chi connectivity index (χ3n) is 2.23. The van der Waals surface area contributed by atoms with E-state index < -0.39 is 0 Å². The smallest absolute Gasteiger partial charge is 0.145 e. The van der Waals surface area contributed by atoms with Crippen molar-refractivity contribution in [2.75, 3.05) is 17.2 Å². The number of nitrogens with two attached hydrogens (primary N) is 1. The molecule has 1 rings (SSSR count). The lowest BCUT2D eigenvalue weighted by Crippen LogP contribution is -2.04. The fourth-order valence-electron chi connectivity index (χ4n) is 1.06. The van der Waals surface area contributed by atoms with Crippen molar-refractivity contribution < 1.29 is 0 Å². The summed E-state index contributed by atoms with van der Waals surface area (Å²) >= 11 is 1.99. The van der Waals surface area contributed by atoms with Crippen molar-refractivity contribution >= 4 is 17.6 Å². The van der Waals surface area contributed by atoms with E-state index in [1.807, 2.05) is 28.7 Å². The first kappa shape index (κ1) is 11.4. The second-order valence-corrected chi connectivity index (χ2v) is 4.74. The van der Waals surface area contributed by atoms with Gasteiger partial charge in [-0.2, -0.15) is 16.9 Å². The van der Waals surface area contributed by atoms with Gasteiger partial charge in [-0.05, 0) is 17.7 Å². The molecule has 14 heavy (non-hydrogen) atoms. The van der Waals surface area contributed by atoms with Crippen molar-refractivity contribution in [2.45, 2.75) is 26.8 Å². The fraction of sp³-hybridized carbons (Fsp3) is 0.700. The number of hydrogen-bond donors (Lipinski definition) is 1. The summed E-state index contributed by atoms with van der Waals surface area (Å²) in [4.78, 5) is 0. The van der Waals surface area contributed by atoms with Gasteiger partial charge in [0.1, 0.15) is 5.82 Å². The van der Waals surface area contributed by atoms with Gasteiger partial charge in [0.15, 0.2) is 0 Å². The van der Waals surface area contributed by atoms with Crippen LogP contribution in [0.25, 0.3) is 0 Å². The van der Waals surface area contributed by atoms with Gasteiger partial charge in [-0.3, -0.25) is 4.68 Å². The van der Waals surface area contributed by atoms with Crippen LogP contribution in [0.15, 0.2) is 12.3 Å². The van der Waals surface area contributed by atoms with Crippen molar-refractivity contribution in [3.05, 3.63) is 12.3 Å². The van der Waals surface area contributed by atoms with Crippen LogP contribution >= 0.6 is 11.8 Å². The number of nitrogen functional groups attached to an aromatic ring is 1. The third-order valence-corrected chi connectivity index (χ3v) is 3.50. The SMILES string of the molecule is CCC(C)CSCCn1ccc(N)n1. The molecular weight excluding hydrogens is 194 g/mol. The maximum atomic E-state index is 5.51. The molecule has 1 aromatic rings. The van der Waals surface area contributed by atoms with E-state index in [0.717, 1.165) is 18.2 Å². The molecule has 0 spiro atoms. The van der Waals surface area contributed by atoms with E-state index in [4.69, 9.17) is 5.73 Å². The molecule has 4 heteroatoms. The zero-order valence-electron chi connectivity index (χ0n) is 8.94. The predicted molar refractivity (Wildman–Crippen MR) is 63.4 cm³/mol. The van der Waals surface area contributed by atoms with Crippen LogP contribution in [0.2, 0.25) is 0 Å². The predicted octanol–water partition coefficient (Wildman–Crippen LogP) is 2.24. The van der Waals surface area contributed by atoms with Crippen LogP contribution in [0.4, 0.5) is 5.82 Å². The average Bonchev–Trinajstić information content (AvgIpc) is 2.58. The van der Waals surface area contributed by atoms with Gasteiger partial charge in [-0.1, -0.05) is 20.3 Å². The van der Waals surface area contributed by atoms with Gasteiger partial charge in [0.2, 0.25) is 0 Å². The van der Waals surface area contributed by atoms with E-state index >= 15 is 0 Å². The van der Waals surface area contributed by atoms with Gasteiger partial charge in [-0.25, -0.2) is 0 Å². The fourth-order valence-corrected chi connectivity index (χ4v) is 2.18. The van der Waals surface area contributed by atoms with Gasteiger partial charge in [0.25, 0.3) is 0 Å². The van der Waals surface area contributed by atoms with Crippen LogP contribution in [0.5, 0.6) is 0 Å². The van der Waals surface area contributed by atoms with Crippen LogP contribution in [-0.2, 0) is 6.54 Å². The first-order valence-corrected chi connectivity index (χ1v) is 6.24. The van der Waals surface area contributed by atoms with Gasteiger partial charge >= 0.3 is 0 Å². The van der Waals surface area contributed by atoms with Gasteiger partial charge in [0.05, 0.1) is 6.54 Å². The molecule has 0 radical (unpaired) electrons. The largest absolute Gasteiger partial charge is 0.382 e. The minimum Gasteiger partial charge on any atom is -0.382 e. The van der Waals surface area contributed by atoms with Crippen molar-refractivity contribution in [3.63, 3.8) is 0 Å². The quantitative estimate of drug-likeness (QED) is 0.737. The molecule has 0 bridgehead atoms. The Morgan fingerprint density at radius 1 is 1.64 bits per heavy atom. The minimum atomic E-state index is 0.608. The van der Waals surface area contributed by atoms with Crippen molar-refractivity contribution in [1.82, 2.24) is 9.78 Å². The van der Waals surface area contributed by atoms with E-state index in [1.54, 1.807) is 0 Å². The molecule has 0 saturated carbocycles. The lowest BCUT2D eigenvalue weighted by atomic mass is 10.2. The summed E-state index contributed by atoms with van der Waals surface area (Å²) in [5, 5.41) is 4.13. The minimum absolute atomic E-state index is 0.608. The van der Waals surface area contributed by atoms with E-state index in [9.17, 15) is 0 Å². The Balaban J connectivity index is 2.10. The molecule has 0 saturated heterocycles. The Morgan fingerprint density at radius 2 is 2.43 bits per heavy atom. The number of thioether (sulfide) groups is 1. The van der Waals surface area contributed by atoms with Gasteiger partial charge < -0.3 is 5.73 Å². The summed E-state index contributed by atoms with van der Waals surface area (Å²) < 4.78 is 1.90. The summed E-state index contributed by atoms with van der Waals surface area (Å²) in [5.41, 5.74) is 5.51. The highest BCUT2D eigenvalue weighted by molar-refractivity contribution is 7.99. The molecule has 1 aromatic heterocycles. The lowest BCUT2D eigenvalue weighted by molar-refractivity contribution is 0.633. The highest BCUT2D eigenvalue weighted by atomic mass is 32.2. The van der Waals surface area contributed by atoms with Crippen LogP contribution in [0.3, 0.4) is 0 Å². The number of aryl methyl sites for hydroxylation is 1. The molecule has 0 aromatic carbocycles. The van der Waals surface area contributed by atoms with Crippen LogP contribution in [0, 0.1) is 5.92 Å². The van der Waals surface area contributed by atoms with E-state index in [0.29, 0.717) is 5.82 Å². The third kappa shape index (κ3) is 4.05. The molecule has 0 aliphatic carbocycles. The monoisotopic (exact) mass is 213 g/mol. The molecule has 0 aliphatic heterocycles. The standard InChI is InChI=1S/C10H19N3S/c1-3-9(2)8-14-7-6-13-5-4-10(11)12-13/h4-5,9H,3,6-8H2,1-2H3,(H2,11,12). The number of rotatable bonds is 6. The zero-order valence-corrected chi connectivity index (χ0v) is 9.76. The van der Waals surface area contributed by atoms with E-state index in [2.05, 4.69) is 18.9 Å². The molecule has 1 heterocycles. The lowest BCUT2D eigenvalue weighted by Gasteiger charge is -2.07. The first-order valence-electron chi connectivity index (χ1n) is 5.09. The molecule has 0 aliphatic rings. The molecule has 0 amide bonds. The summed E-state index contributed by atoms with van der Waals surface area (Å²) in [6.07, 6.45) is 3.20. The maximum absolute atomic E-state index is 5.51. The van der Waals surface area contributed by atoms with Gasteiger partial charge in [0, 0.05) is 11.9 Å². The molecule has 1 unspecified atom stereocenters. The molecule has 3 nitrogen and oxygen atoms in total. The van der Waals surface area contributed by atoms with Gasteiger partial charge in [-0.15, -0.1) is 0 Å². The van der Waals surface area contributed by atoms with Crippen LogP contribution in [-0.4, -0.2) is 21.3 Å². The Morgan fingerprint density at radius 3 is 3.00 bits per heavy atom. The number of hydrogen-bond acceptors (Lipinski definition) is 3. The Bertz CT molecular complexity index is 260. The highest BCUT2D eigenvalue weighted by Gasteiger charge is 1.99. The summed E-state index contributed by atoms with van der Waals surface area (Å²) in [6.45, 7) is 5.48. The van der Waals surface area contributed by atoms with E-state index in [-0.39, 0.29) is 0 Å². The summed E-state index contributed by atoms with van der Waals surface area (Å²) in [5.74, 6) is 3.79. The van der Waals surface area contributed by atoms with Crippen molar-refractivity contribution in [3.8, 4) is 0 Å². The van der Waals surface area contributed by atoms with Crippen molar-refractivity contribution in [1.29, 1.82) is 0 Å². The topological polar surface area (TPSA) is 43.8 Å². The zero-order chi connectivity index (χ0) is 10.4. The second-order valence-electron chi connectivity index (χ2n) is 3.59. The summed E-state index contributed by atoms with van der Waals surface area (Å²) in [7, 11) is 0. The summed E-state index contributed by atoms with van der Waals surface area (Å²) in [6, 6.07) is 1.83.